The summed E-state index contributed by atoms with van der Waals surface area (Å²) in [6, 6.07) is 0. The number of carboxylic acids is 1. The van der Waals surface area contributed by atoms with Gasteiger partial charge in [0.15, 0.2) is 6.29 Å². The molecule has 0 unspecified atom stereocenters. The molecule has 0 fully saturated rings. The van der Waals surface area contributed by atoms with E-state index in [0.29, 0.717) is 10.6 Å². The fraction of sp³-hybridized carbons (Fsp3) is 0.364. The van der Waals surface area contributed by atoms with Crippen LogP contribution in [0, 0.1) is 0 Å². The Balaban J connectivity index is 2.34. The van der Waals surface area contributed by atoms with E-state index in [9.17, 15) is 9.59 Å². The van der Waals surface area contributed by atoms with Crippen molar-refractivity contribution in [1.82, 2.24) is 0 Å². The maximum atomic E-state index is 11.1. The largest absolute Gasteiger partial charge is 0.475 e. The Bertz CT molecular complexity index is 505. The molecule has 0 amide bonds. The van der Waals surface area contributed by atoms with E-state index in [4.69, 9.17) is 5.11 Å². The van der Waals surface area contributed by atoms with Crippen LogP contribution in [-0.4, -0.2) is 30.2 Å². The Hall–Kier alpha value is -1.69. The number of rotatable bonds is 2. The van der Waals surface area contributed by atoms with Gasteiger partial charge >= 0.3 is 5.97 Å². The van der Waals surface area contributed by atoms with Crippen molar-refractivity contribution in [2.45, 2.75) is 19.3 Å². The predicted octanol–water partition coefficient (Wildman–Crippen LogP) is 1.57. The minimum Gasteiger partial charge on any atom is -0.475 e. The summed E-state index contributed by atoms with van der Waals surface area (Å²) in [7, 11) is 1.40. The normalized spacial score (nSPS) is 14.5. The lowest BCUT2D eigenvalue weighted by molar-refractivity contribution is -0.129. The van der Waals surface area contributed by atoms with Gasteiger partial charge in [0, 0.05) is 11.9 Å². The summed E-state index contributed by atoms with van der Waals surface area (Å²) < 4.78 is 0. The molecule has 0 spiro atoms. The van der Waals surface area contributed by atoms with Gasteiger partial charge in [0.1, 0.15) is 5.00 Å². The van der Waals surface area contributed by atoms with Crippen molar-refractivity contribution < 1.29 is 14.7 Å². The molecule has 0 bridgehead atoms. The second-order valence-corrected chi connectivity index (χ2v) is 4.83. The number of aliphatic imine (C=N–C) groups is 1. The zero-order chi connectivity index (χ0) is 12.4. The van der Waals surface area contributed by atoms with Crippen molar-refractivity contribution in [2.24, 2.45) is 4.99 Å². The van der Waals surface area contributed by atoms with Crippen LogP contribution in [0.25, 0.3) is 0 Å². The van der Waals surface area contributed by atoms with Crippen LogP contribution >= 0.6 is 11.3 Å². The van der Waals surface area contributed by atoms with Crippen LogP contribution in [-0.2, 0) is 17.6 Å². The van der Waals surface area contributed by atoms with E-state index in [-0.39, 0.29) is 5.84 Å². The van der Waals surface area contributed by atoms with E-state index in [0.717, 1.165) is 31.1 Å². The Labute approximate surface area is 102 Å². The fourth-order valence-electron chi connectivity index (χ4n) is 1.96. The van der Waals surface area contributed by atoms with Gasteiger partial charge in [-0.15, -0.1) is 11.3 Å². The highest BCUT2D eigenvalue weighted by atomic mass is 32.1. The number of carbonyl (C=O) groups is 2. The van der Waals surface area contributed by atoms with Crippen LogP contribution in [0.4, 0.5) is 5.00 Å². The minimum atomic E-state index is -1.13. The first-order valence-corrected chi connectivity index (χ1v) is 6.05. The summed E-state index contributed by atoms with van der Waals surface area (Å²) in [6.45, 7) is 0. The van der Waals surface area contributed by atoms with Gasteiger partial charge in [-0.1, -0.05) is 0 Å². The number of aryl methyl sites for hydroxylation is 1. The predicted molar refractivity (Wildman–Crippen MR) is 66.3 cm³/mol. The van der Waals surface area contributed by atoms with Gasteiger partial charge in [0.2, 0.25) is 5.84 Å². The molecule has 0 atom stereocenters. The SMILES string of the molecule is CN=C(Nc1sc2c(c1C=O)CCC2)C(=O)O. The molecule has 0 saturated heterocycles. The van der Waals surface area contributed by atoms with Gasteiger partial charge < -0.3 is 10.4 Å². The molecule has 0 radical (unpaired) electrons. The van der Waals surface area contributed by atoms with Crippen molar-refractivity contribution in [3.63, 3.8) is 0 Å². The third-order valence-corrected chi connectivity index (χ3v) is 3.96. The number of fused-ring (bicyclic) bond motifs is 1. The topological polar surface area (TPSA) is 78.8 Å². The van der Waals surface area contributed by atoms with E-state index < -0.39 is 5.97 Å². The second-order valence-electron chi connectivity index (χ2n) is 3.72. The summed E-state index contributed by atoms with van der Waals surface area (Å²) >= 11 is 1.45. The lowest BCUT2D eigenvalue weighted by atomic mass is 10.1. The molecule has 1 heterocycles. The minimum absolute atomic E-state index is 0.145. The lowest BCUT2D eigenvalue weighted by Gasteiger charge is -2.04. The first-order valence-electron chi connectivity index (χ1n) is 5.24. The number of hydrogen-bond acceptors (Lipinski definition) is 4. The molecule has 0 aliphatic heterocycles. The molecule has 2 rings (SSSR count). The van der Waals surface area contributed by atoms with Gasteiger partial charge in [0.25, 0.3) is 0 Å². The smallest absolute Gasteiger partial charge is 0.371 e. The average Bonchev–Trinajstić information content (AvgIpc) is 2.84. The number of anilines is 1. The molecular weight excluding hydrogens is 240 g/mol. The molecule has 1 aliphatic rings. The first kappa shape index (κ1) is 11.8. The molecule has 1 aliphatic carbocycles. The van der Waals surface area contributed by atoms with Crippen molar-refractivity contribution in [3.8, 4) is 0 Å². The van der Waals surface area contributed by atoms with Crippen molar-refractivity contribution in [2.75, 3.05) is 12.4 Å². The molecule has 90 valence electrons. The van der Waals surface area contributed by atoms with Crippen LogP contribution in [0.3, 0.4) is 0 Å². The average molecular weight is 252 g/mol. The van der Waals surface area contributed by atoms with E-state index in [2.05, 4.69) is 10.3 Å². The lowest BCUT2D eigenvalue weighted by Crippen LogP contribution is -2.22. The number of amidine groups is 1. The number of carboxylic acid groups (broad SMARTS) is 1. The highest BCUT2D eigenvalue weighted by Gasteiger charge is 2.23. The van der Waals surface area contributed by atoms with Crippen LogP contribution in [0.15, 0.2) is 4.99 Å². The standard InChI is InChI=1S/C11H12N2O3S/c1-12-9(11(15)16)13-10-7(5-14)6-3-2-4-8(6)17-10/h5H,2-4H2,1H3,(H,12,13)(H,15,16). The van der Waals surface area contributed by atoms with E-state index in [1.165, 1.54) is 23.3 Å². The highest BCUT2D eigenvalue weighted by Crippen LogP contribution is 2.37. The monoisotopic (exact) mass is 252 g/mol. The molecular formula is C11H12N2O3S. The molecule has 0 aromatic carbocycles. The fourth-order valence-corrected chi connectivity index (χ4v) is 3.22. The number of aliphatic carboxylic acids is 1. The van der Waals surface area contributed by atoms with E-state index in [1.807, 2.05) is 0 Å². The third kappa shape index (κ3) is 2.08. The Morgan fingerprint density at radius 1 is 1.53 bits per heavy atom. The number of hydrogen-bond donors (Lipinski definition) is 2. The highest BCUT2D eigenvalue weighted by molar-refractivity contribution is 7.17. The first-order chi connectivity index (χ1) is 8.17. The van der Waals surface area contributed by atoms with Gasteiger partial charge in [-0.2, -0.15) is 0 Å². The van der Waals surface area contributed by atoms with Crippen LogP contribution in [0.5, 0.6) is 0 Å². The summed E-state index contributed by atoms with van der Waals surface area (Å²) in [5.41, 5.74) is 1.65. The Morgan fingerprint density at radius 3 is 2.88 bits per heavy atom. The summed E-state index contributed by atoms with van der Waals surface area (Å²) in [6.07, 6.45) is 3.72. The number of aldehydes is 1. The molecule has 2 N–H and O–H groups in total. The van der Waals surface area contributed by atoms with Crippen molar-refractivity contribution in [1.29, 1.82) is 0 Å². The third-order valence-electron chi connectivity index (χ3n) is 2.74. The summed E-state index contributed by atoms with van der Waals surface area (Å²) in [4.78, 5) is 26.7. The number of carbonyl (C=O) groups excluding carboxylic acids is 1. The van der Waals surface area contributed by atoms with Crippen molar-refractivity contribution in [3.05, 3.63) is 16.0 Å². The van der Waals surface area contributed by atoms with Gasteiger partial charge in [-0.3, -0.25) is 9.79 Å². The van der Waals surface area contributed by atoms with Crippen LogP contribution < -0.4 is 5.32 Å². The summed E-state index contributed by atoms with van der Waals surface area (Å²) in [5, 5.41) is 12.2. The molecule has 1 aromatic rings. The Kier molecular flexibility index (Phi) is 3.23. The second kappa shape index (κ2) is 4.67. The number of nitrogens with one attached hydrogen (secondary N) is 1. The Morgan fingerprint density at radius 2 is 2.29 bits per heavy atom. The zero-order valence-electron chi connectivity index (χ0n) is 9.32. The van der Waals surface area contributed by atoms with E-state index >= 15 is 0 Å². The number of nitrogens with zero attached hydrogens (tertiary/aromatic N) is 1. The van der Waals surface area contributed by atoms with Crippen LogP contribution in [0.2, 0.25) is 0 Å². The van der Waals surface area contributed by atoms with Gasteiger partial charge in [-0.05, 0) is 24.8 Å². The molecule has 0 saturated carbocycles. The maximum Gasteiger partial charge on any atom is 0.371 e. The van der Waals surface area contributed by atoms with Crippen molar-refractivity contribution >= 4 is 34.4 Å². The van der Waals surface area contributed by atoms with Gasteiger partial charge in [0.05, 0.1) is 5.56 Å². The molecule has 1 aromatic heterocycles. The maximum absolute atomic E-state index is 11.1. The van der Waals surface area contributed by atoms with Gasteiger partial charge in [-0.25, -0.2) is 4.79 Å². The number of thiophene rings is 1. The summed E-state index contributed by atoms with van der Waals surface area (Å²) in [5.74, 6) is -1.27. The molecule has 6 heteroatoms. The molecule has 5 nitrogen and oxygen atoms in total. The molecule has 17 heavy (non-hydrogen) atoms. The zero-order valence-corrected chi connectivity index (χ0v) is 10.1. The van der Waals surface area contributed by atoms with E-state index in [1.54, 1.807) is 0 Å². The quantitative estimate of drug-likeness (QED) is 0.476. The van der Waals surface area contributed by atoms with Crippen LogP contribution in [0.1, 0.15) is 27.2 Å².